The summed E-state index contributed by atoms with van der Waals surface area (Å²) >= 11 is 1.45. The second-order valence-corrected chi connectivity index (χ2v) is 4.53. The van der Waals surface area contributed by atoms with E-state index in [-0.39, 0.29) is 12.6 Å². The fourth-order valence-corrected chi connectivity index (χ4v) is 1.91. The number of nitrogens with zero attached hydrogens (tertiary/aromatic N) is 1. The highest BCUT2D eigenvalue weighted by molar-refractivity contribution is 7.09. The Hall–Kier alpha value is -1.88. The number of carbonyl (C=O) groups excluding carboxylic acids is 1. The molecule has 2 N–H and O–H groups in total. The van der Waals surface area contributed by atoms with Crippen molar-refractivity contribution in [1.82, 2.24) is 4.98 Å². The third-order valence-corrected chi connectivity index (χ3v) is 3.18. The van der Waals surface area contributed by atoms with Crippen molar-refractivity contribution in [1.29, 1.82) is 0 Å². The summed E-state index contributed by atoms with van der Waals surface area (Å²) in [6.45, 7) is 2.05. The number of anilines is 1. The maximum atomic E-state index is 11.8. The number of aromatic nitrogens is 1. The minimum absolute atomic E-state index is 0.248. The molecule has 0 saturated carbocycles. The normalized spacial score (nSPS) is 10.2. The highest BCUT2D eigenvalue weighted by atomic mass is 32.1. The van der Waals surface area contributed by atoms with E-state index in [9.17, 15) is 4.79 Å². The molecule has 88 valence electrons. The van der Waals surface area contributed by atoms with Crippen molar-refractivity contribution in [3.05, 3.63) is 45.9 Å². The molecule has 0 atom stereocenters. The van der Waals surface area contributed by atoms with Gasteiger partial charge in [-0.3, -0.25) is 4.98 Å². The maximum Gasteiger partial charge on any atom is 0.338 e. The lowest BCUT2D eigenvalue weighted by atomic mass is 10.1. The molecule has 4 nitrogen and oxygen atoms in total. The standard InChI is InChI=1S/C12H12N2O2S/c1-8-10(3-2-4-11(8)13)12(15)16-6-9-5-14-7-17-9/h2-5,7H,6,13H2,1H3. The summed E-state index contributed by atoms with van der Waals surface area (Å²) in [6.07, 6.45) is 1.68. The van der Waals surface area contributed by atoms with Gasteiger partial charge in [-0.05, 0) is 24.6 Å². The second kappa shape index (κ2) is 4.97. The summed E-state index contributed by atoms with van der Waals surface area (Å²) in [6, 6.07) is 5.21. The van der Waals surface area contributed by atoms with Crippen LogP contribution in [-0.2, 0) is 11.3 Å². The number of hydrogen-bond donors (Lipinski definition) is 1. The van der Waals surface area contributed by atoms with Gasteiger partial charge < -0.3 is 10.5 Å². The highest BCUT2D eigenvalue weighted by Gasteiger charge is 2.12. The van der Waals surface area contributed by atoms with Crippen LogP contribution in [0.1, 0.15) is 20.8 Å². The van der Waals surface area contributed by atoms with Crippen LogP contribution in [0.15, 0.2) is 29.9 Å². The number of thiazole rings is 1. The van der Waals surface area contributed by atoms with E-state index >= 15 is 0 Å². The van der Waals surface area contributed by atoms with Crippen molar-refractivity contribution < 1.29 is 9.53 Å². The number of carbonyl (C=O) groups is 1. The molecule has 2 rings (SSSR count). The van der Waals surface area contributed by atoms with Gasteiger partial charge >= 0.3 is 5.97 Å². The van der Waals surface area contributed by atoms with Crippen LogP contribution < -0.4 is 5.73 Å². The minimum atomic E-state index is -0.358. The van der Waals surface area contributed by atoms with E-state index in [2.05, 4.69) is 4.98 Å². The van der Waals surface area contributed by atoms with E-state index < -0.39 is 0 Å². The molecule has 1 heterocycles. The van der Waals surface area contributed by atoms with Gasteiger partial charge in [0.15, 0.2) is 0 Å². The van der Waals surface area contributed by atoms with Crippen LogP contribution in [0.5, 0.6) is 0 Å². The van der Waals surface area contributed by atoms with Crippen LogP contribution in [0.2, 0.25) is 0 Å². The van der Waals surface area contributed by atoms with Gasteiger partial charge in [0.25, 0.3) is 0 Å². The van der Waals surface area contributed by atoms with E-state index in [1.807, 2.05) is 0 Å². The molecule has 0 aliphatic heterocycles. The first-order chi connectivity index (χ1) is 8.18. The third-order valence-electron chi connectivity index (χ3n) is 2.42. The van der Waals surface area contributed by atoms with Crippen molar-refractivity contribution in [2.45, 2.75) is 13.5 Å². The van der Waals surface area contributed by atoms with Crippen molar-refractivity contribution in [3.8, 4) is 0 Å². The van der Waals surface area contributed by atoms with Gasteiger partial charge in [0.2, 0.25) is 0 Å². The van der Waals surface area contributed by atoms with Crippen LogP contribution in [0.3, 0.4) is 0 Å². The summed E-state index contributed by atoms with van der Waals surface area (Å²) in [5.41, 5.74) is 9.29. The lowest BCUT2D eigenvalue weighted by Gasteiger charge is -2.07. The van der Waals surface area contributed by atoms with Gasteiger partial charge in [0.05, 0.1) is 16.0 Å². The van der Waals surface area contributed by atoms with E-state index in [1.165, 1.54) is 11.3 Å². The number of rotatable bonds is 3. The van der Waals surface area contributed by atoms with Gasteiger partial charge in [0.1, 0.15) is 6.61 Å². The predicted molar refractivity (Wildman–Crippen MR) is 66.8 cm³/mol. The van der Waals surface area contributed by atoms with Gasteiger partial charge in [-0.1, -0.05) is 6.07 Å². The molecule has 0 aliphatic rings. The number of esters is 1. The molecule has 0 amide bonds. The first-order valence-electron chi connectivity index (χ1n) is 5.08. The maximum absolute atomic E-state index is 11.8. The Labute approximate surface area is 103 Å². The highest BCUT2D eigenvalue weighted by Crippen LogP contribution is 2.17. The molecule has 0 saturated heterocycles. The van der Waals surface area contributed by atoms with E-state index in [1.54, 1.807) is 36.8 Å². The van der Waals surface area contributed by atoms with E-state index in [0.29, 0.717) is 11.3 Å². The van der Waals surface area contributed by atoms with Crippen LogP contribution in [0.25, 0.3) is 0 Å². The molecule has 0 bridgehead atoms. The summed E-state index contributed by atoms with van der Waals surface area (Å²) in [5.74, 6) is -0.358. The molecule has 0 aliphatic carbocycles. The zero-order valence-electron chi connectivity index (χ0n) is 9.34. The molecule has 1 aromatic carbocycles. The van der Waals surface area contributed by atoms with Gasteiger partial charge in [-0.25, -0.2) is 4.79 Å². The van der Waals surface area contributed by atoms with Gasteiger partial charge in [0, 0.05) is 11.9 Å². The molecule has 0 fully saturated rings. The second-order valence-electron chi connectivity index (χ2n) is 3.56. The molecule has 1 aromatic heterocycles. The Morgan fingerprint density at radius 2 is 2.35 bits per heavy atom. The number of nitrogen functional groups attached to an aromatic ring is 1. The first kappa shape index (κ1) is 11.6. The number of ether oxygens (including phenoxy) is 1. The Morgan fingerprint density at radius 1 is 1.53 bits per heavy atom. The number of hydrogen-bond acceptors (Lipinski definition) is 5. The lowest BCUT2D eigenvalue weighted by Crippen LogP contribution is -2.07. The quantitative estimate of drug-likeness (QED) is 0.669. The van der Waals surface area contributed by atoms with Gasteiger partial charge in [-0.2, -0.15) is 0 Å². The molecule has 5 heteroatoms. The van der Waals surface area contributed by atoms with Gasteiger partial charge in [-0.15, -0.1) is 11.3 Å². The fourth-order valence-electron chi connectivity index (χ4n) is 1.40. The summed E-state index contributed by atoms with van der Waals surface area (Å²) in [5, 5.41) is 0. The fraction of sp³-hybridized carbons (Fsp3) is 0.167. The monoisotopic (exact) mass is 248 g/mol. The lowest BCUT2D eigenvalue weighted by molar-refractivity contribution is 0.0476. The molecular weight excluding hydrogens is 236 g/mol. The molecule has 17 heavy (non-hydrogen) atoms. The smallest absolute Gasteiger partial charge is 0.338 e. The third kappa shape index (κ3) is 2.62. The minimum Gasteiger partial charge on any atom is -0.456 e. The topological polar surface area (TPSA) is 65.2 Å². The SMILES string of the molecule is Cc1c(N)cccc1C(=O)OCc1cncs1. The Bertz CT molecular complexity index is 523. The zero-order chi connectivity index (χ0) is 12.3. The van der Waals surface area contributed by atoms with Crippen LogP contribution in [0.4, 0.5) is 5.69 Å². The molecule has 0 spiro atoms. The van der Waals surface area contributed by atoms with E-state index in [0.717, 1.165) is 10.4 Å². The van der Waals surface area contributed by atoms with Crippen molar-refractivity contribution in [2.24, 2.45) is 0 Å². The number of nitrogens with two attached hydrogens (primary N) is 1. The number of benzene rings is 1. The molecule has 0 radical (unpaired) electrons. The molecule has 2 aromatic rings. The van der Waals surface area contributed by atoms with Crippen LogP contribution in [0, 0.1) is 6.92 Å². The largest absolute Gasteiger partial charge is 0.456 e. The molecular formula is C12H12N2O2S. The van der Waals surface area contributed by atoms with Crippen LogP contribution >= 0.6 is 11.3 Å². The van der Waals surface area contributed by atoms with Crippen molar-refractivity contribution in [3.63, 3.8) is 0 Å². The Kier molecular flexibility index (Phi) is 3.39. The zero-order valence-corrected chi connectivity index (χ0v) is 10.2. The summed E-state index contributed by atoms with van der Waals surface area (Å²) in [7, 11) is 0. The van der Waals surface area contributed by atoms with Crippen molar-refractivity contribution >= 4 is 23.0 Å². The summed E-state index contributed by atoms with van der Waals surface area (Å²) < 4.78 is 5.18. The average Bonchev–Trinajstić information content (AvgIpc) is 2.82. The van der Waals surface area contributed by atoms with E-state index in [4.69, 9.17) is 10.5 Å². The Balaban J connectivity index is 2.07. The first-order valence-corrected chi connectivity index (χ1v) is 5.96. The van der Waals surface area contributed by atoms with Crippen LogP contribution in [-0.4, -0.2) is 11.0 Å². The predicted octanol–water partition coefficient (Wildman–Crippen LogP) is 2.39. The average molecular weight is 248 g/mol. The molecule has 0 unspecified atom stereocenters. The summed E-state index contributed by atoms with van der Waals surface area (Å²) in [4.78, 5) is 16.6. The Morgan fingerprint density at radius 3 is 3.06 bits per heavy atom. The van der Waals surface area contributed by atoms with Crippen molar-refractivity contribution in [2.75, 3.05) is 5.73 Å².